The standard InChI is InChI=1S/C28H18Cl4N2O5/c29-18-4-9-21(10-5-18)38-28(39-22-11-6-19(30)7-12-22)26(35)34-33-16-17-2-1-3-23(14-17)37-27(36)24-13-8-20(31)15-25(24)32/h1-16,28H,(H,34,35). The van der Waals surface area contributed by atoms with Gasteiger partial charge in [-0.15, -0.1) is 0 Å². The molecule has 4 aromatic rings. The van der Waals surface area contributed by atoms with E-state index in [-0.39, 0.29) is 16.3 Å². The van der Waals surface area contributed by atoms with Crippen LogP contribution in [0.5, 0.6) is 17.2 Å². The number of halogens is 4. The number of hydrogen-bond acceptors (Lipinski definition) is 6. The SMILES string of the molecule is O=C(Oc1cccc(C=NNC(=O)C(Oc2ccc(Cl)cc2)Oc2ccc(Cl)cc2)c1)c1ccc(Cl)cc1Cl. The quantitative estimate of drug-likeness (QED) is 0.0706. The first-order valence-corrected chi connectivity index (χ1v) is 12.7. The summed E-state index contributed by atoms with van der Waals surface area (Å²) in [6.07, 6.45) is -0.0208. The average molecular weight is 604 g/mol. The number of hydrazone groups is 1. The minimum atomic E-state index is -1.39. The van der Waals surface area contributed by atoms with Crippen LogP contribution in [0.1, 0.15) is 15.9 Å². The average Bonchev–Trinajstić information content (AvgIpc) is 2.91. The van der Waals surface area contributed by atoms with Crippen LogP contribution in [0.3, 0.4) is 0 Å². The summed E-state index contributed by atoms with van der Waals surface area (Å²) >= 11 is 23.8. The third-order valence-electron chi connectivity index (χ3n) is 4.94. The Kier molecular flexibility index (Phi) is 9.68. The van der Waals surface area contributed by atoms with Crippen molar-refractivity contribution < 1.29 is 23.8 Å². The molecule has 4 rings (SSSR count). The van der Waals surface area contributed by atoms with Gasteiger partial charge >= 0.3 is 18.2 Å². The van der Waals surface area contributed by atoms with Crippen molar-refractivity contribution in [2.45, 2.75) is 6.29 Å². The highest BCUT2D eigenvalue weighted by Crippen LogP contribution is 2.24. The van der Waals surface area contributed by atoms with Crippen LogP contribution in [0.4, 0.5) is 0 Å². The molecule has 0 radical (unpaired) electrons. The Bertz CT molecular complexity index is 1450. The second-order valence-corrected chi connectivity index (χ2v) is 9.51. The van der Waals surface area contributed by atoms with E-state index in [1.165, 1.54) is 24.4 Å². The lowest BCUT2D eigenvalue weighted by Crippen LogP contribution is -2.40. The van der Waals surface area contributed by atoms with E-state index in [4.69, 9.17) is 60.6 Å². The number of ether oxygens (including phenoxy) is 3. The molecule has 0 saturated carbocycles. The molecule has 0 spiro atoms. The van der Waals surface area contributed by atoms with Gasteiger partial charge in [0.25, 0.3) is 0 Å². The van der Waals surface area contributed by atoms with E-state index in [0.717, 1.165) is 0 Å². The molecular weight excluding hydrogens is 586 g/mol. The lowest BCUT2D eigenvalue weighted by molar-refractivity contribution is -0.140. The van der Waals surface area contributed by atoms with Crippen molar-refractivity contribution in [3.63, 3.8) is 0 Å². The van der Waals surface area contributed by atoms with Gasteiger partial charge in [0.2, 0.25) is 0 Å². The van der Waals surface area contributed by atoms with E-state index in [9.17, 15) is 9.59 Å². The number of amides is 1. The third-order valence-corrected chi connectivity index (χ3v) is 5.99. The van der Waals surface area contributed by atoms with Crippen LogP contribution in [-0.2, 0) is 4.79 Å². The maximum atomic E-state index is 12.9. The topological polar surface area (TPSA) is 86.2 Å². The highest BCUT2D eigenvalue weighted by molar-refractivity contribution is 6.36. The van der Waals surface area contributed by atoms with Crippen molar-refractivity contribution in [3.05, 3.63) is 122 Å². The number of rotatable bonds is 9. The Morgan fingerprint density at radius 2 is 1.31 bits per heavy atom. The van der Waals surface area contributed by atoms with Crippen molar-refractivity contribution in [2.75, 3.05) is 0 Å². The van der Waals surface area contributed by atoms with Gasteiger partial charge in [-0.05, 0) is 84.4 Å². The molecule has 0 saturated heterocycles. The molecule has 198 valence electrons. The van der Waals surface area contributed by atoms with Crippen molar-refractivity contribution >= 4 is 64.5 Å². The van der Waals surface area contributed by atoms with Gasteiger partial charge in [0.15, 0.2) is 0 Å². The normalized spacial score (nSPS) is 10.9. The van der Waals surface area contributed by atoms with Gasteiger partial charge in [0.05, 0.1) is 16.8 Å². The summed E-state index contributed by atoms with van der Waals surface area (Å²) in [5.74, 6) is -0.381. The smallest absolute Gasteiger partial charge is 0.345 e. The Hall–Kier alpha value is -3.75. The second-order valence-electron chi connectivity index (χ2n) is 7.80. The summed E-state index contributed by atoms with van der Waals surface area (Å²) < 4.78 is 16.8. The van der Waals surface area contributed by atoms with Gasteiger partial charge in [-0.3, -0.25) is 4.79 Å². The van der Waals surface area contributed by atoms with Gasteiger partial charge in [-0.1, -0.05) is 58.5 Å². The first-order chi connectivity index (χ1) is 18.8. The summed E-state index contributed by atoms with van der Waals surface area (Å²) in [5, 5.41) is 5.56. The maximum absolute atomic E-state index is 12.9. The number of benzene rings is 4. The van der Waals surface area contributed by atoms with E-state index >= 15 is 0 Å². The van der Waals surface area contributed by atoms with Crippen molar-refractivity contribution in [1.29, 1.82) is 0 Å². The van der Waals surface area contributed by atoms with Gasteiger partial charge in [0.1, 0.15) is 17.2 Å². The van der Waals surface area contributed by atoms with Crippen LogP contribution in [-0.4, -0.2) is 24.4 Å². The van der Waals surface area contributed by atoms with E-state index in [1.807, 2.05) is 0 Å². The van der Waals surface area contributed by atoms with Crippen molar-refractivity contribution in [3.8, 4) is 17.2 Å². The van der Waals surface area contributed by atoms with Crippen LogP contribution >= 0.6 is 46.4 Å². The van der Waals surface area contributed by atoms with Gasteiger partial charge < -0.3 is 14.2 Å². The van der Waals surface area contributed by atoms with Crippen LogP contribution in [0.2, 0.25) is 20.1 Å². The Labute approximate surface area is 243 Å². The molecule has 4 aromatic carbocycles. The van der Waals surface area contributed by atoms with Crippen molar-refractivity contribution in [1.82, 2.24) is 5.43 Å². The summed E-state index contributed by atoms with van der Waals surface area (Å²) in [6.45, 7) is 0. The molecule has 0 aliphatic carbocycles. The van der Waals surface area contributed by atoms with E-state index in [2.05, 4.69) is 10.5 Å². The fourth-order valence-electron chi connectivity index (χ4n) is 3.10. The lowest BCUT2D eigenvalue weighted by atomic mass is 10.2. The third kappa shape index (κ3) is 8.37. The van der Waals surface area contributed by atoms with Crippen LogP contribution in [0, 0.1) is 0 Å². The van der Waals surface area contributed by atoms with Gasteiger partial charge in [-0.2, -0.15) is 5.10 Å². The van der Waals surface area contributed by atoms with Crippen molar-refractivity contribution in [2.24, 2.45) is 5.10 Å². The minimum absolute atomic E-state index is 0.166. The highest BCUT2D eigenvalue weighted by atomic mass is 35.5. The minimum Gasteiger partial charge on any atom is -0.446 e. The molecule has 1 amide bonds. The van der Waals surface area contributed by atoms with Crippen LogP contribution in [0.25, 0.3) is 0 Å². The van der Waals surface area contributed by atoms with Gasteiger partial charge in [0, 0.05) is 15.1 Å². The molecule has 1 N–H and O–H groups in total. The molecule has 11 heteroatoms. The summed E-state index contributed by atoms with van der Waals surface area (Å²) in [6, 6.07) is 23.8. The van der Waals surface area contributed by atoms with E-state index in [1.54, 1.807) is 72.8 Å². The fraction of sp³-hybridized carbons (Fsp3) is 0.0357. The molecule has 0 heterocycles. The predicted octanol–water partition coefficient (Wildman–Crippen LogP) is 7.45. The zero-order chi connectivity index (χ0) is 27.8. The molecule has 0 bridgehead atoms. The van der Waals surface area contributed by atoms with E-state index < -0.39 is 18.2 Å². The summed E-state index contributed by atoms with van der Waals surface area (Å²) in [7, 11) is 0. The zero-order valence-corrected chi connectivity index (χ0v) is 22.8. The first kappa shape index (κ1) is 28.3. The fourth-order valence-corrected chi connectivity index (χ4v) is 3.84. The summed E-state index contributed by atoms with van der Waals surface area (Å²) in [5.41, 5.74) is 3.09. The molecule has 0 unspecified atom stereocenters. The highest BCUT2D eigenvalue weighted by Gasteiger charge is 2.23. The number of carbonyl (C=O) groups is 2. The monoisotopic (exact) mass is 602 g/mol. The number of esters is 1. The summed E-state index contributed by atoms with van der Waals surface area (Å²) in [4.78, 5) is 25.4. The van der Waals surface area contributed by atoms with Crippen LogP contribution in [0.15, 0.2) is 96.1 Å². The Balaban J connectivity index is 1.42. The Morgan fingerprint density at radius 1 is 0.718 bits per heavy atom. The molecule has 0 fully saturated rings. The molecule has 0 atom stereocenters. The second kappa shape index (κ2) is 13.4. The molecule has 0 aromatic heterocycles. The number of carbonyl (C=O) groups excluding carboxylic acids is 2. The molecule has 7 nitrogen and oxygen atoms in total. The number of nitrogens with zero attached hydrogens (tertiary/aromatic N) is 1. The van der Waals surface area contributed by atoms with Crippen LogP contribution < -0.4 is 19.6 Å². The molecular formula is C28H18Cl4N2O5. The zero-order valence-electron chi connectivity index (χ0n) is 19.8. The lowest BCUT2D eigenvalue weighted by Gasteiger charge is -2.19. The Morgan fingerprint density at radius 3 is 1.90 bits per heavy atom. The number of nitrogens with one attached hydrogen (secondary N) is 1. The first-order valence-electron chi connectivity index (χ1n) is 11.2. The predicted molar refractivity (Wildman–Crippen MR) is 152 cm³/mol. The maximum Gasteiger partial charge on any atom is 0.345 e. The number of hydrogen-bond donors (Lipinski definition) is 1. The largest absolute Gasteiger partial charge is 0.446 e. The van der Waals surface area contributed by atoms with Gasteiger partial charge in [-0.25, -0.2) is 10.2 Å². The molecule has 0 aliphatic rings. The van der Waals surface area contributed by atoms with E-state index in [0.29, 0.717) is 32.1 Å². The molecule has 39 heavy (non-hydrogen) atoms. The molecule has 0 aliphatic heterocycles.